The van der Waals surface area contributed by atoms with Crippen LogP contribution in [0.2, 0.25) is 0 Å². The number of para-hydroxylation sites is 1. The van der Waals surface area contributed by atoms with Crippen molar-refractivity contribution in [3.63, 3.8) is 0 Å². The van der Waals surface area contributed by atoms with E-state index < -0.39 is 22.7 Å². The zero-order chi connectivity index (χ0) is 22.7. The van der Waals surface area contributed by atoms with E-state index in [9.17, 15) is 24.8 Å². The Morgan fingerprint density at radius 3 is 2.16 bits per heavy atom. The first kappa shape index (κ1) is 21.0. The van der Waals surface area contributed by atoms with Crippen molar-refractivity contribution >= 4 is 23.1 Å². The number of nitrogens with zero attached hydrogens (tertiary/aromatic N) is 2. The summed E-state index contributed by atoms with van der Waals surface area (Å²) < 4.78 is 0. The van der Waals surface area contributed by atoms with Crippen LogP contribution in [0.4, 0.5) is 5.69 Å². The van der Waals surface area contributed by atoms with Gasteiger partial charge in [0.1, 0.15) is 5.76 Å². The zero-order valence-corrected chi connectivity index (χ0v) is 17.0. The number of carbonyl (C=O) groups excluding carboxylic acids is 2. The molecule has 1 saturated heterocycles. The van der Waals surface area contributed by atoms with Crippen molar-refractivity contribution in [2.75, 3.05) is 6.54 Å². The molecule has 0 bridgehead atoms. The van der Waals surface area contributed by atoms with Gasteiger partial charge in [0.2, 0.25) is 0 Å². The van der Waals surface area contributed by atoms with Crippen LogP contribution in [0.3, 0.4) is 0 Å². The second-order valence-electron chi connectivity index (χ2n) is 7.41. The van der Waals surface area contributed by atoms with E-state index in [2.05, 4.69) is 0 Å². The van der Waals surface area contributed by atoms with Crippen molar-refractivity contribution in [2.24, 2.45) is 0 Å². The molecule has 1 N–H and O–H groups in total. The van der Waals surface area contributed by atoms with Crippen LogP contribution >= 0.6 is 0 Å². The standard InChI is InChI=1S/C25H20N2O5/c28-23(18-11-5-2-6-12-18)21-22(19-13-7-8-14-20(19)27(31)32)26(25(30)24(21)29)16-15-17-9-3-1-4-10-17/h1-14,22,28H,15-16H2. The second-order valence-corrected chi connectivity index (χ2v) is 7.41. The number of hydrogen-bond donors (Lipinski definition) is 1. The number of carbonyl (C=O) groups is 2. The summed E-state index contributed by atoms with van der Waals surface area (Å²) in [6.07, 6.45) is 0.455. The van der Waals surface area contributed by atoms with Gasteiger partial charge in [-0.15, -0.1) is 0 Å². The van der Waals surface area contributed by atoms with Crippen LogP contribution in [-0.4, -0.2) is 33.2 Å². The number of nitro groups is 1. The second kappa shape index (κ2) is 8.85. The van der Waals surface area contributed by atoms with E-state index in [0.29, 0.717) is 12.0 Å². The maximum atomic E-state index is 13.0. The molecule has 4 rings (SSSR count). The Kier molecular flexibility index (Phi) is 5.81. The Morgan fingerprint density at radius 2 is 1.50 bits per heavy atom. The third kappa shape index (κ3) is 3.88. The number of likely N-dealkylation sites (tertiary alicyclic amines) is 1. The van der Waals surface area contributed by atoms with E-state index in [0.717, 1.165) is 5.56 Å². The van der Waals surface area contributed by atoms with Crippen molar-refractivity contribution in [3.05, 3.63) is 117 Å². The van der Waals surface area contributed by atoms with Crippen LogP contribution in [0, 0.1) is 10.1 Å². The lowest BCUT2D eigenvalue weighted by atomic mass is 9.94. The summed E-state index contributed by atoms with van der Waals surface area (Å²) in [6, 6.07) is 22.7. The van der Waals surface area contributed by atoms with Gasteiger partial charge in [0.25, 0.3) is 17.4 Å². The summed E-state index contributed by atoms with van der Waals surface area (Å²) in [7, 11) is 0. The smallest absolute Gasteiger partial charge is 0.295 e. The van der Waals surface area contributed by atoms with Crippen molar-refractivity contribution in [1.82, 2.24) is 4.90 Å². The highest BCUT2D eigenvalue weighted by Gasteiger charge is 2.47. The molecule has 0 saturated carbocycles. The first-order chi connectivity index (χ1) is 15.5. The lowest BCUT2D eigenvalue weighted by Gasteiger charge is -2.25. The Bertz CT molecular complexity index is 1210. The molecule has 1 aliphatic heterocycles. The predicted octanol–water partition coefficient (Wildman–Crippen LogP) is 4.26. The third-order valence-corrected chi connectivity index (χ3v) is 5.50. The summed E-state index contributed by atoms with van der Waals surface area (Å²) in [5, 5.41) is 22.7. The molecule has 1 atom stereocenters. The Labute approximate surface area is 184 Å². The molecular formula is C25H20N2O5. The minimum atomic E-state index is -1.07. The maximum Gasteiger partial charge on any atom is 0.295 e. The SMILES string of the molecule is O=C1C(=O)N(CCc2ccccc2)C(c2ccccc2[N+](=O)[O-])C1=C(O)c1ccccc1. The van der Waals surface area contributed by atoms with Crippen molar-refractivity contribution < 1.29 is 19.6 Å². The number of amides is 1. The number of aliphatic hydroxyl groups is 1. The van der Waals surface area contributed by atoms with Crippen molar-refractivity contribution in [1.29, 1.82) is 0 Å². The number of rotatable bonds is 6. The summed E-state index contributed by atoms with van der Waals surface area (Å²) in [6.45, 7) is 0.164. The van der Waals surface area contributed by atoms with Gasteiger partial charge in [0, 0.05) is 18.2 Å². The topological polar surface area (TPSA) is 101 Å². The van der Waals surface area contributed by atoms with Crippen LogP contribution in [-0.2, 0) is 16.0 Å². The molecule has 3 aromatic carbocycles. The van der Waals surface area contributed by atoms with Crippen LogP contribution in [0.5, 0.6) is 0 Å². The quantitative estimate of drug-likeness (QED) is 0.208. The minimum Gasteiger partial charge on any atom is -0.507 e. The Morgan fingerprint density at radius 1 is 0.906 bits per heavy atom. The maximum absolute atomic E-state index is 13.0. The van der Waals surface area contributed by atoms with Gasteiger partial charge in [-0.25, -0.2) is 0 Å². The van der Waals surface area contributed by atoms with E-state index in [1.165, 1.54) is 23.1 Å². The van der Waals surface area contributed by atoms with Gasteiger partial charge in [-0.3, -0.25) is 19.7 Å². The molecule has 1 unspecified atom stereocenters. The third-order valence-electron chi connectivity index (χ3n) is 5.50. The van der Waals surface area contributed by atoms with E-state index in [-0.39, 0.29) is 29.1 Å². The zero-order valence-electron chi connectivity index (χ0n) is 17.0. The lowest BCUT2D eigenvalue weighted by molar-refractivity contribution is -0.385. The van der Waals surface area contributed by atoms with E-state index in [4.69, 9.17) is 0 Å². The number of aliphatic hydroxyl groups excluding tert-OH is 1. The monoisotopic (exact) mass is 428 g/mol. The molecule has 1 heterocycles. The molecule has 32 heavy (non-hydrogen) atoms. The first-order valence-corrected chi connectivity index (χ1v) is 10.1. The van der Waals surface area contributed by atoms with Crippen molar-refractivity contribution in [2.45, 2.75) is 12.5 Å². The van der Waals surface area contributed by atoms with E-state index >= 15 is 0 Å². The number of hydrogen-bond acceptors (Lipinski definition) is 5. The molecule has 0 aliphatic carbocycles. The molecule has 0 radical (unpaired) electrons. The first-order valence-electron chi connectivity index (χ1n) is 10.1. The minimum absolute atomic E-state index is 0.149. The Hall–Kier alpha value is -4.26. The number of benzene rings is 3. The highest BCUT2D eigenvalue weighted by Crippen LogP contribution is 2.42. The average Bonchev–Trinajstić information content (AvgIpc) is 3.08. The molecule has 0 aromatic heterocycles. The molecule has 7 heteroatoms. The summed E-state index contributed by atoms with van der Waals surface area (Å²) in [4.78, 5) is 38.5. The molecule has 3 aromatic rings. The number of ketones is 1. The summed E-state index contributed by atoms with van der Waals surface area (Å²) in [5.74, 6) is -2.00. The average molecular weight is 428 g/mol. The summed E-state index contributed by atoms with van der Waals surface area (Å²) >= 11 is 0. The molecule has 1 fully saturated rings. The Balaban J connectivity index is 1.85. The van der Waals surface area contributed by atoms with Gasteiger partial charge in [-0.1, -0.05) is 72.8 Å². The largest absolute Gasteiger partial charge is 0.507 e. The molecule has 0 spiro atoms. The highest BCUT2D eigenvalue weighted by molar-refractivity contribution is 6.46. The molecule has 1 amide bonds. The fourth-order valence-electron chi connectivity index (χ4n) is 3.96. The number of nitro benzene ring substituents is 1. The fraction of sp³-hybridized carbons (Fsp3) is 0.120. The van der Waals surface area contributed by atoms with Crippen LogP contribution in [0.25, 0.3) is 5.76 Å². The van der Waals surface area contributed by atoms with Crippen LogP contribution in [0.1, 0.15) is 22.7 Å². The highest BCUT2D eigenvalue weighted by atomic mass is 16.6. The number of Topliss-reactive ketones (excluding diaryl/α,β-unsaturated/α-hetero) is 1. The fourth-order valence-corrected chi connectivity index (χ4v) is 3.96. The van der Waals surface area contributed by atoms with Gasteiger partial charge < -0.3 is 10.0 Å². The van der Waals surface area contributed by atoms with Gasteiger partial charge >= 0.3 is 0 Å². The van der Waals surface area contributed by atoms with Crippen LogP contribution in [0.15, 0.2) is 90.5 Å². The van der Waals surface area contributed by atoms with E-state index in [1.807, 2.05) is 30.3 Å². The lowest BCUT2D eigenvalue weighted by Crippen LogP contribution is -2.32. The molecule has 1 aliphatic rings. The molecule has 7 nitrogen and oxygen atoms in total. The van der Waals surface area contributed by atoms with Crippen LogP contribution < -0.4 is 0 Å². The van der Waals surface area contributed by atoms with Gasteiger partial charge in [0.15, 0.2) is 0 Å². The van der Waals surface area contributed by atoms with E-state index in [1.54, 1.807) is 36.4 Å². The normalized spacial score (nSPS) is 17.5. The van der Waals surface area contributed by atoms with Gasteiger partial charge in [-0.05, 0) is 18.1 Å². The summed E-state index contributed by atoms with van der Waals surface area (Å²) in [5.41, 5.74) is 1.13. The van der Waals surface area contributed by atoms with Gasteiger partial charge in [0.05, 0.1) is 22.1 Å². The van der Waals surface area contributed by atoms with Crippen molar-refractivity contribution in [3.8, 4) is 0 Å². The van der Waals surface area contributed by atoms with Gasteiger partial charge in [-0.2, -0.15) is 0 Å². The predicted molar refractivity (Wildman–Crippen MR) is 119 cm³/mol. The molecule has 160 valence electrons. The molecular weight excluding hydrogens is 408 g/mol.